The molecule has 0 bridgehead atoms. The number of nitrogens with one attached hydrogen (secondary N) is 1. The van der Waals surface area contributed by atoms with Crippen LogP contribution in [0, 0.1) is 0 Å². The van der Waals surface area contributed by atoms with E-state index in [1.807, 2.05) is 29.0 Å². The van der Waals surface area contributed by atoms with Crippen molar-refractivity contribution >= 4 is 29.1 Å². The zero-order chi connectivity index (χ0) is 17.6. The predicted octanol–water partition coefficient (Wildman–Crippen LogP) is 4.10. The van der Waals surface area contributed by atoms with E-state index in [0.717, 1.165) is 23.2 Å². The number of aromatic nitrogens is 2. The summed E-state index contributed by atoms with van der Waals surface area (Å²) in [7, 11) is 0. The summed E-state index contributed by atoms with van der Waals surface area (Å²) in [5, 5.41) is 4.01. The molecule has 128 valence electrons. The molecule has 0 saturated carbocycles. The largest absolute Gasteiger partial charge is 0.352 e. The molecule has 1 N–H and O–H groups in total. The lowest BCUT2D eigenvalue weighted by atomic mass is 10.1. The third-order valence-corrected chi connectivity index (χ3v) is 4.46. The van der Waals surface area contributed by atoms with Gasteiger partial charge in [0, 0.05) is 35.5 Å². The van der Waals surface area contributed by atoms with Gasteiger partial charge in [-0.1, -0.05) is 53.5 Å². The van der Waals surface area contributed by atoms with E-state index in [2.05, 4.69) is 16.4 Å². The molecule has 6 heteroatoms. The maximum Gasteiger partial charge on any atom is 0.224 e. The Morgan fingerprint density at radius 2 is 1.88 bits per heavy atom. The second kappa shape index (κ2) is 8.19. The van der Waals surface area contributed by atoms with Crippen LogP contribution >= 0.6 is 23.2 Å². The molecule has 1 amide bonds. The fourth-order valence-corrected chi connectivity index (χ4v) is 3.03. The van der Waals surface area contributed by atoms with Crippen molar-refractivity contribution in [2.45, 2.75) is 19.5 Å². The standard InChI is InChI=1S/C19H17Cl2N3O/c20-17-6-5-14(18(21)10-17)9-19(25)23-11-15-3-1-2-4-16(15)12-24-8-7-22-13-24/h1-8,10,13H,9,11-12H2,(H,23,25). The molecular formula is C19H17Cl2N3O. The smallest absolute Gasteiger partial charge is 0.224 e. The number of carbonyl (C=O) groups is 1. The third kappa shape index (κ3) is 4.84. The number of hydrogen-bond acceptors (Lipinski definition) is 2. The normalized spacial score (nSPS) is 10.6. The third-order valence-electron chi connectivity index (χ3n) is 3.87. The van der Waals surface area contributed by atoms with Gasteiger partial charge in [-0.3, -0.25) is 4.79 Å². The van der Waals surface area contributed by atoms with Gasteiger partial charge in [-0.05, 0) is 28.8 Å². The highest BCUT2D eigenvalue weighted by Crippen LogP contribution is 2.21. The van der Waals surface area contributed by atoms with Crippen LogP contribution in [0.1, 0.15) is 16.7 Å². The number of rotatable bonds is 6. The molecule has 0 radical (unpaired) electrons. The SMILES string of the molecule is O=C(Cc1ccc(Cl)cc1Cl)NCc1ccccc1Cn1ccnc1. The number of carbonyl (C=O) groups excluding carboxylic acids is 1. The summed E-state index contributed by atoms with van der Waals surface area (Å²) in [6.45, 7) is 1.18. The molecule has 3 aromatic rings. The van der Waals surface area contributed by atoms with Gasteiger partial charge in [0.2, 0.25) is 5.91 Å². The topological polar surface area (TPSA) is 46.9 Å². The van der Waals surface area contributed by atoms with Crippen LogP contribution in [0.2, 0.25) is 10.0 Å². The van der Waals surface area contributed by atoms with Gasteiger partial charge in [0.25, 0.3) is 0 Å². The molecule has 0 aliphatic heterocycles. The van der Waals surface area contributed by atoms with Gasteiger partial charge in [0.05, 0.1) is 12.7 Å². The first kappa shape index (κ1) is 17.5. The molecule has 0 spiro atoms. The Morgan fingerprint density at radius 3 is 2.60 bits per heavy atom. The van der Waals surface area contributed by atoms with Crippen molar-refractivity contribution in [1.82, 2.24) is 14.9 Å². The van der Waals surface area contributed by atoms with Gasteiger partial charge < -0.3 is 9.88 Å². The highest BCUT2D eigenvalue weighted by atomic mass is 35.5. The van der Waals surface area contributed by atoms with Gasteiger partial charge in [0.1, 0.15) is 0 Å². The van der Waals surface area contributed by atoms with Gasteiger partial charge >= 0.3 is 0 Å². The van der Waals surface area contributed by atoms with E-state index in [1.54, 1.807) is 30.7 Å². The van der Waals surface area contributed by atoms with Crippen LogP contribution in [0.3, 0.4) is 0 Å². The summed E-state index contributed by atoms with van der Waals surface area (Å²) in [4.78, 5) is 16.3. The van der Waals surface area contributed by atoms with Crippen molar-refractivity contribution in [1.29, 1.82) is 0 Å². The first-order valence-electron chi connectivity index (χ1n) is 7.85. The summed E-state index contributed by atoms with van der Waals surface area (Å²) < 4.78 is 1.99. The molecule has 0 saturated heterocycles. The Labute approximate surface area is 156 Å². The molecule has 0 unspecified atom stereocenters. The Hall–Kier alpha value is -2.30. The molecule has 1 heterocycles. The average Bonchev–Trinajstić information content (AvgIpc) is 3.10. The molecule has 0 fully saturated rings. The molecule has 25 heavy (non-hydrogen) atoms. The minimum Gasteiger partial charge on any atom is -0.352 e. The maximum absolute atomic E-state index is 12.2. The molecule has 2 aromatic carbocycles. The molecule has 0 aliphatic rings. The second-order valence-electron chi connectivity index (χ2n) is 5.69. The highest BCUT2D eigenvalue weighted by molar-refractivity contribution is 6.35. The number of halogens is 2. The number of benzene rings is 2. The highest BCUT2D eigenvalue weighted by Gasteiger charge is 2.09. The number of hydrogen-bond donors (Lipinski definition) is 1. The van der Waals surface area contributed by atoms with Crippen LogP contribution in [0.5, 0.6) is 0 Å². The summed E-state index contributed by atoms with van der Waals surface area (Å²) in [5.41, 5.74) is 2.98. The van der Waals surface area contributed by atoms with E-state index in [4.69, 9.17) is 23.2 Å². The van der Waals surface area contributed by atoms with E-state index in [9.17, 15) is 4.79 Å². The van der Waals surface area contributed by atoms with E-state index in [1.165, 1.54) is 0 Å². The zero-order valence-corrected chi connectivity index (χ0v) is 15.0. The number of amides is 1. The van der Waals surface area contributed by atoms with Crippen LogP contribution in [0.4, 0.5) is 0 Å². The summed E-state index contributed by atoms with van der Waals surface area (Å²) in [5.74, 6) is -0.0818. The Bertz CT molecular complexity index is 863. The van der Waals surface area contributed by atoms with Crippen LogP contribution in [-0.4, -0.2) is 15.5 Å². The van der Waals surface area contributed by atoms with E-state index in [0.29, 0.717) is 16.6 Å². The van der Waals surface area contributed by atoms with E-state index >= 15 is 0 Å². The minimum absolute atomic E-state index is 0.0818. The molecule has 4 nitrogen and oxygen atoms in total. The Kier molecular flexibility index (Phi) is 5.74. The van der Waals surface area contributed by atoms with Crippen molar-refractivity contribution in [3.63, 3.8) is 0 Å². The van der Waals surface area contributed by atoms with Gasteiger partial charge in [-0.15, -0.1) is 0 Å². The lowest BCUT2D eigenvalue weighted by Gasteiger charge is -2.12. The van der Waals surface area contributed by atoms with Crippen molar-refractivity contribution in [2.75, 3.05) is 0 Å². The predicted molar refractivity (Wildman–Crippen MR) is 99.8 cm³/mol. The van der Waals surface area contributed by atoms with Gasteiger partial charge in [-0.2, -0.15) is 0 Å². The lowest BCUT2D eigenvalue weighted by molar-refractivity contribution is -0.120. The quantitative estimate of drug-likeness (QED) is 0.706. The van der Waals surface area contributed by atoms with Crippen LogP contribution < -0.4 is 5.32 Å². The van der Waals surface area contributed by atoms with Crippen molar-refractivity contribution in [3.8, 4) is 0 Å². The van der Waals surface area contributed by atoms with Crippen molar-refractivity contribution < 1.29 is 4.79 Å². The summed E-state index contributed by atoms with van der Waals surface area (Å²) in [6.07, 6.45) is 5.66. The Balaban J connectivity index is 1.62. The second-order valence-corrected chi connectivity index (χ2v) is 6.54. The fourth-order valence-electron chi connectivity index (χ4n) is 2.56. The van der Waals surface area contributed by atoms with Crippen molar-refractivity contribution in [2.24, 2.45) is 0 Å². The average molecular weight is 374 g/mol. The minimum atomic E-state index is -0.0818. The maximum atomic E-state index is 12.2. The summed E-state index contributed by atoms with van der Waals surface area (Å²) in [6, 6.07) is 13.2. The van der Waals surface area contributed by atoms with E-state index < -0.39 is 0 Å². The fraction of sp³-hybridized carbons (Fsp3) is 0.158. The van der Waals surface area contributed by atoms with Gasteiger partial charge in [0.15, 0.2) is 0 Å². The molecular weight excluding hydrogens is 357 g/mol. The molecule has 0 aliphatic carbocycles. The van der Waals surface area contributed by atoms with Crippen molar-refractivity contribution in [3.05, 3.63) is 87.9 Å². The monoisotopic (exact) mass is 373 g/mol. The molecule has 0 atom stereocenters. The lowest BCUT2D eigenvalue weighted by Crippen LogP contribution is -2.25. The van der Waals surface area contributed by atoms with Crippen LogP contribution in [0.25, 0.3) is 0 Å². The van der Waals surface area contributed by atoms with Crippen LogP contribution in [0.15, 0.2) is 61.2 Å². The number of nitrogens with zero attached hydrogens (tertiary/aromatic N) is 2. The first-order chi connectivity index (χ1) is 12.1. The summed E-state index contributed by atoms with van der Waals surface area (Å²) >= 11 is 12.0. The first-order valence-corrected chi connectivity index (χ1v) is 8.60. The van der Waals surface area contributed by atoms with Crippen LogP contribution in [-0.2, 0) is 24.3 Å². The van der Waals surface area contributed by atoms with Gasteiger partial charge in [-0.25, -0.2) is 4.98 Å². The molecule has 3 rings (SSSR count). The Morgan fingerprint density at radius 1 is 1.08 bits per heavy atom. The number of imidazole rings is 1. The van der Waals surface area contributed by atoms with E-state index in [-0.39, 0.29) is 12.3 Å². The molecule has 1 aromatic heterocycles. The zero-order valence-electron chi connectivity index (χ0n) is 13.5.